The van der Waals surface area contributed by atoms with Crippen LogP contribution >= 0.6 is 23.2 Å². The Hall–Kier alpha value is -1.97. The van der Waals surface area contributed by atoms with Crippen LogP contribution in [-0.4, -0.2) is 4.98 Å². The second kappa shape index (κ2) is 5.19. The fourth-order valence-electron chi connectivity index (χ4n) is 2.05. The summed E-state index contributed by atoms with van der Waals surface area (Å²) in [7, 11) is 0. The standard InChI is InChI=1S/C15H11Cl2N3/c16-9-4-5-11(17)14(8-9)20-13-6-7-19-15-10(13)2-1-3-12(15)18/h1-8H,18H2,(H,19,20). The fourth-order valence-corrected chi connectivity index (χ4v) is 2.38. The van der Waals surface area contributed by atoms with Crippen molar-refractivity contribution in [2.24, 2.45) is 0 Å². The van der Waals surface area contributed by atoms with Crippen molar-refractivity contribution in [2.45, 2.75) is 0 Å². The Labute approximate surface area is 126 Å². The SMILES string of the molecule is Nc1cccc2c(Nc3cc(Cl)ccc3Cl)ccnc12. The van der Waals surface area contributed by atoms with Gasteiger partial charge in [0.05, 0.1) is 21.9 Å². The number of hydrogen-bond donors (Lipinski definition) is 2. The highest BCUT2D eigenvalue weighted by molar-refractivity contribution is 6.35. The largest absolute Gasteiger partial charge is 0.397 e. The van der Waals surface area contributed by atoms with Crippen molar-refractivity contribution in [2.75, 3.05) is 11.1 Å². The molecule has 0 aliphatic carbocycles. The minimum absolute atomic E-state index is 0.600. The molecule has 0 bridgehead atoms. The Bertz CT molecular complexity index is 787. The highest BCUT2D eigenvalue weighted by Crippen LogP contribution is 2.32. The molecule has 0 unspecified atom stereocenters. The van der Waals surface area contributed by atoms with Crippen molar-refractivity contribution in [3.05, 3.63) is 58.7 Å². The molecule has 0 fully saturated rings. The van der Waals surface area contributed by atoms with Crippen LogP contribution in [0.5, 0.6) is 0 Å². The summed E-state index contributed by atoms with van der Waals surface area (Å²) in [5.74, 6) is 0. The topological polar surface area (TPSA) is 50.9 Å². The van der Waals surface area contributed by atoms with Crippen molar-refractivity contribution in [3.63, 3.8) is 0 Å². The maximum absolute atomic E-state index is 6.17. The van der Waals surface area contributed by atoms with E-state index < -0.39 is 0 Å². The zero-order chi connectivity index (χ0) is 14.1. The van der Waals surface area contributed by atoms with Crippen LogP contribution in [0.15, 0.2) is 48.7 Å². The summed E-state index contributed by atoms with van der Waals surface area (Å²) >= 11 is 12.2. The van der Waals surface area contributed by atoms with Gasteiger partial charge in [-0.2, -0.15) is 0 Å². The average Bonchev–Trinajstić information content (AvgIpc) is 2.44. The molecule has 5 heteroatoms. The summed E-state index contributed by atoms with van der Waals surface area (Å²) in [4.78, 5) is 4.30. The third kappa shape index (κ3) is 2.38. The molecule has 0 radical (unpaired) electrons. The number of halogens is 2. The van der Waals surface area contributed by atoms with E-state index in [9.17, 15) is 0 Å². The molecule has 3 N–H and O–H groups in total. The van der Waals surface area contributed by atoms with Gasteiger partial charge in [-0.1, -0.05) is 35.3 Å². The second-order valence-corrected chi connectivity index (χ2v) is 5.19. The third-order valence-electron chi connectivity index (χ3n) is 3.00. The number of hydrogen-bond acceptors (Lipinski definition) is 3. The van der Waals surface area contributed by atoms with Crippen molar-refractivity contribution in [1.82, 2.24) is 4.98 Å². The van der Waals surface area contributed by atoms with Gasteiger partial charge in [-0.15, -0.1) is 0 Å². The van der Waals surface area contributed by atoms with Gasteiger partial charge in [0.15, 0.2) is 0 Å². The van der Waals surface area contributed by atoms with Crippen LogP contribution < -0.4 is 11.1 Å². The van der Waals surface area contributed by atoms with Gasteiger partial charge in [-0.3, -0.25) is 4.98 Å². The maximum Gasteiger partial charge on any atom is 0.0951 e. The van der Waals surface area contributed by atoms with E-state index in [1.54, 1.807) is 24.4 Å². The van der Waals surface area contributed by atoms with E-state index >= 15 is 0 Å². The molecule has 100 valence electrons. The highest BCUT2D eigenvalue weighted by Gasteiger charge is 2.07. The Morgan fingerprint density at radius 3 is 2.70 bits per heavy atom. The first kappa shape index (κ1) is 13.0. The molecule has 3 rings (SSSR count). The van der Waals surface area contributed by atoms with Crippen LogP contribution in [0.3, 0.4) is 0 Å². The van der Waals surface area contributed by atoms with Gasteiger partial charge in [-0.25, -0.2) is 0 Å². The number of pyridine rings is 1. The molecule has 3 aromatic rings. The van der Waals surface area contributed by atoms with E-state index in [1.165, 1.54) is 0 Å². The van der Waals surface area contributed by atoms with Gasteiger partial charge in [0.2, 0.25) is 0 Å². The quantitative estimate of drug-likeness (QED) is 0.664. The smallest absolute Gasteiger partial charge is 0.0951 e. The molecule has 0 saturated heterocycles. The number of benzene rings is 2. The third-order valence-corrected chi connectivity index (χ3v) is 3.56. The first-order valence-electron chi connectivity index (χ1n) is 6.00. The normalized spacial score (nSPS) is 10.7. The van der Waals surface area contributed by atoms with Crippen molar-refractivity contribution >= 4 is 51.2 Å². The van der Waals surface area contributed by atoms with Crippen molar-refractivity contribution in [1.29, 1.82) is 0 Å². The van der Waals surface area contributed by atoms with Crippen LogP contribution in [0.25, 0.3) is 10.9 Å². The lowest BCUT2D eigenvalue weighted by Gasteiger charge is -2.12. The number of nitrogens with one attached hydrogen (secondary N) is 1. The van der Waals surface area contributed by atoms with E-state index in [0.29, 0.717) is 15.7 Å². The van der Waals surface area contributed by atoms with Crippen molar-refractivity contribution in [3.8, 4) is 0 Å². The molecule has 0 atom stereocenters. The highest BCUT2D eigenvalue weighted by atomic mass is 35.5. The van der Waals surface area contributed by atoms with E-state index in [-0.39, 0.29) is 0 Å². The van der Waals surface area contributed by atoms with Crippen LogP contribution in [0.2, 0.25) is 10.0 Å². The van der Waals surface area contributed by atoms with E-state index in [2.05, 4.69) is 10.3 Å². The minimum atomic E-state index is 0.600. The number of rotatable bonds is 2. The summed E-state index contributed by atoms with van der Waals surface area (Å²) in [6.45, 7) is 0. The number of fused-ring (bicyclic) bond motifs is 1. The molecule has 0 amide bonds. The molecule has 0 spiro atoms. The molecular weight excluding hydrogens is 293 g/mol. The first-order valence-corrected chi connectivity index (χ1v) is 6.76. The van der Waals surface area contributed by atoms with E-state index in [4.69, 9.17) is 28.9 Å². The summed E-state index contributed by atoms with van der Waals surface area (Å²) in [5, 5.41) is 5.43. The number of nitrogens with zero attached hydrogens (tertiary/aromatic N) is 1. The van der Waals surface area contributed by atoms with E-state index in [0.717, 1.165) is 22.3 Å². The molecule has 0 aliphatic rings. The maximum atomic E-state index is 6.17. The Morgan fingerprint density at radius 2 is 1.85 bits per heavy atom. The summed E-state index contributed by atoms with van der Waals surface area (Å²) in [5.41, 5.74) is 8.96. The molecule has 0 aliphatic heterocycles. The predicted octanol–water partition coefficient (Wildman–Crippen LogP) is 4.87. The van der Waals surface area contributed by atoms with Gasteiger partial charge in [0.25, 0.3) is 0 Å². The lowest BCUT2D eigenvalue weighted by atomic mass is 10.1. The number of para-hydroxylation sites is 1. The Morgan fingerprint density at radius 1 is 1.00 bits per heavy atom. The molecule has 3 nitrogen and oxygen atoms in total. The number of nitrogen functional groups attached to an aromatic ring is 1. The number of nitrogens with two attached hydrogens (primary N) is 1. The molecule has 20 heavy (non-hydrogen) atoms. The van der Waals surface area contributed by atoms with Crippen LogP contribution in [0.4, 0.5) is 17.1 Å². The van der Waals surface area contributed by atoms with Crippen LogP contribution in [-0.2, 0) is 0 Å². The summed E-state index contributed by atoms with van der Waals surface area (Å²) in [6, 6.07) is 12.8. The molecule has 1 aromatic heterocycles. The second-order valence-electron chi connectivity index (χ2n) is 4.35. The first-order chi connectivity index (χ1) is 9.65. The molecule has 0 saturated carbocycles. The van der Waals surface area contributed by atoms with Gasteiger partial charge in [0, 0.05) is 22.3 Å². The Balaban J connectivity index is 2.11. The number of anilines is 3. The minimum Gasteiger partial charge on any atom is -0.397 e. The van der Waals surface area contributed by atoms with Crippen LogP contribution in [0, 0.1) is 0 Å². The van der Waals surface area contributed by atoms with Gasteiger partial charge >= 0.3 is 0 Å². The molecule has 1 heterocycles. The molecular formula is C15H11Cl2N3. The summed E-state index contributed by atoms with van der Waals surface area (Å²) < 4.78 is 0. The van der Waals surface area contributed by atoms with Gasteiger partial charge in [-0.05, 0) is 30.3 Å². The monoisotopic (exact) mass is 303 g/mol. The van der Waals surface area contributed by atoms with E-state index in [1.807, 2.05) is 24.3 Å². The predicted molar refractivity (Wildman–Crippen MR) is 85.9 cm³/mol. The van der Waals surface area contributed by atoms with Crippen LogP contribution in [0.1, 0.15) is 0 Å². The fraction of sp³-hybridized carbons (Fsp3) is 0. The number of aromatic nitrogens is 1. The zero-order valence-corrected chi connectivity index (χ0v) is 11.9. The summed E-state index contributed by atoms with van der Waals surface area (Å²) in [6.07, 6.45) is 1.71. The lowest BCUT2D eigenvalue weighted by molar-refractivity contribution is 1.40. The average molecular weight is 304 g/mol. The van der Waals surface area contributed by atoms with Gasteiger partial charge < -0.3 is 11.1 Å². The lowest BCUT2D eigenvalue weighted by Crippen LogP contribution is -1.95. The molecule has 2 aromatic carbocycles. The Kier molecular flexibility index (Phi) is 3.38. The van der Waals surface area contributed by atoms with Crippen molar-refractivity contribution < 1.29 is 0 Å². The zero-order valence-electron chi connectivity index (χ0n) is 10.4. The van der Waals surface area contributed by atoms with Gasteiger partial charge in [0.1, 0.15) is 0 Å².